The van der Waals surface area contributed by atoms with Crippen LogP contribution in [0.4, 0.5) is 27.5 Å². The zero-order valence-corrected chi connectivity index (χ0v) is 12.1. The van der Waals surface area contributed by atoms with Gasteiger partial charge in [0.1, 0.15) is 0 Å². The van der Waals surface area contributed by atoms with Gasteiger partial charge in [-0.15, -0.1) is 0 Å². The highest BCUT2D eigenvalue weighted by Crippen LogP contribution is 2.15. The van der Waals surface area contributed by atoms with Gasteiger partial charge < -0.3 is 0 Å². The Kier molecular flexibility index (Phi) is 5.08. The van der Waals surface area contributed by atoms with Gasteiger partial charge in [0.25, 0.3) is 11.4 Å². The Morgan fingerprint density at radius 2 is 1.04 bits per heavy atom. The molecule has 0 aromatic heterocycles. The minimum Gasteiger partial charge on any atom is -0.297 e. The molecule has 0 unspecified atom stereocenters. The maximum Gasteiger partial charge on any atom is 0.352 e. The van der Waals surface area contributed by atoms with Crippen molar-refractivity contribution in [3.8, 4) is 0 Å². The average Bonchev–Trinajstić information content (AvgIpc) is 2.58. The molecule has 0 aliphatic heterocycles. The van der Waals surface area contributed by atoms with Crippen molar-refractivity contribution in [3.05, 3.63) is 68.8 Å². The highest BCUT2D eigenvalue weighted by atomic mass is 16.6. The molecule has 0 aliphatic rings. The van der Waals surface area contributed by atoms with E-state index in [1.807, 2.05) is 0 Å². The normalized spacial score (nSPS) is 9.67. The van der Waals surface area contributed by atoms with Gasteiger partial charge in [0.15, 0.2) is 0 Å². The summed E-state index contributed by atoms with van der Waals surface area (Å²) in [6.45, 7) is 0. The molecule has 2 aromatic carbocycles. The van der Waals surface area contributed by atoms with Crippen molar-refractivity contribution >= 4 is 28.8 Å². The van der Waals surface area contributed by atoms with Crippen LogP contribution in [0.15, 0.2) is 48.5 Å². The number of amides is 2. The summed E-state index contributed by atoms with van der Waals surface area (Å²) in [7, 11) is 0. The lowest BCUT2D eigenvalue weighted by Gasteiger charge is -2.11. The first-order valence-electron chi connectivity index (χ1n) is 6.52. The molecule has 0 radical (unpaired) electrons. The SMILES string of the molecule is O=C(NNc1ccc([N+](=O)[O-])cc1)NNc1ccc([N+](=O)[O-])cc1. The number of nitrogens with one attached hydrogen (secondary N) is 4. The quantitative estimate of drug-likeness (QED) is 0.467. The lowest BCUT2D eigenvalue weighted by Crippen LogP contribution is -2.41. The van der Waals surface area contributed by atoms with Crippen molar-refractivity contribution < 1.29 is 14.6 Å². The van der Waals surface area contributed by atoms with Crippen LogP contribution < -0.4 is 21.7 Å². The summed E-state index contributed by atoms with van der Waals surface area (Å²) in [6.07, 6.45) is 0. The summed E-state index contributed by atoms with van der Waals surface area (Å²) in [4.78, 5) is 31.5. The smallest absolute Gasteiger partial charge is 0.297 e. The number of benzene rings is 2. The summed E-state index contributed by atoms with van der Waals surface area (Å²) in [6, 6.07) is 10.3. The third-order valence-electron chi connectivity index (χ3n) is 2.80. The highest BCUT2D eigenvalue weighted by molar-refractivity contribution is 5.77. The molecule has 0 atom stereocenters. The van der Waals surface area contributed by atoms with E-state index < -0.39 is 15.9 Å². The summed E-state index contributed by atoms with van der Waals surface area (Å²) < 4.78 is 0. The van der Waals surface area contributed by atoms with Crippen LogP contribution in [0.5, 0.6) is 0 Å². The van der Waals surface area contributed by atoms with Gasteiger partial charge in [-0.2, -0.15) is 0 Å². The van der Waals surface area contributed by atoms with Gasteiger partial charge in [-0.05, 0) is 24.3 Å². The van der Waals surface area contributed by atoms with E-state index in [4.69, 9.17) is 0 Å². The van der Waals surface area contributed by atoms with Gasteiger partial charge in [-0.1, -0.05) is 0 Å². The van der Waals surface area contributed by atoms with Crippen LogP contribution in [0.2, 0.25) is 0 Å². The number of nitro groups is 2. The molecule has 0 saturated heterocycles. The van der Waals surface area contributed by atoms with E-state index in [0.29, 0.717) is 11.4 Å². The number of carbonyl (C=O) groups is 1. The van der Waals surface area contributed by atoms with Crippen LogP contribution in [-0.4, -0.2) is 15.9 Å². The molecule has 2 rings (SSSR count). The molecule has 11 heteroatoms. The van der Waals surface area contributed by atoms with Crippen molar-refractivity contribution in [3.63, 3.8) is 0 Å². The fraction of sp³-hybridized carbons (Fsp3) is 0. The topological polar surface area (TPSA) is 151 Å². The number of nitro benzene ring substituents is 2. The molecule has 0 saturated carbocycles. The van der Waals surface area contributed by atoms with Gasteiger partial charge >= 0.3 is 6.03 Å². The number of hydrogen-bond acceptors (Lipinski definition) is 7. The van der Waals surface area contributed by atoms with Gasteiger partial charge in [0.05, 0.1) is 21.2 Å². The Balaban J connectivity index is 1.78. The van der Waals surface area contributed by atoms with Gasteiger partial charge in [0, 0.05) is 24.3 Å². The maximum absolute atomic E-state index is 11.6. The summed E-state index contributed by atoms with van der Waals surface area (Å²) in [5.74, 6) is 0. The Morgan fingerprint density at radius 3 is 1.33 bits per heavy atom. The molecule has 124 valence electrons. The number of anilines is 2. The molecule has 0 spiro atoms. The summed E-state index contributed by atoms with van der Waals surface area (Å²) in [5, 5.41) is 21.0. The van der Waals surface area contributed by atoms with E-state index in [1.165, 1.54) is 48.5 Å². The molecule has 4 N–H and O–H groups in total. The Morgan fingerprint density at radius 1 is 0.708 bits per heavy atom. The Labute approximate surface area is 134 Å². The van der Waals surface area contributed by atoms with Crippen molar-refractivity contribution in [1.82, 2.24) is 10.9 Å². The van der Waals surface area contributed by atoms with Crippen LogP contribution in [-0.2, 0) is 0 Å². The number of nitrogens with zero attached hydrogens (tertiary/aromatic N) is 2. The summed E-state index contributed by atoms with van der Waals surface area (Å²) >= 11 is 0. The molecule has 0 aliphatic carbocycles. The number of non-ortho nitro benzene ring substituents is 2. The lowest BCUT2D eigenvalue weighted by molar-refractivity contribution is -0.385. The number of hydrogen-bond donors (Lipinski definition) is 4. The van der Waals surface area contributed by atoms with E-state index in [-0.39, 0.29) is 11.4 Å². The molecule has 2 aromatic rings. The van der Waals surface area contributed by atoms with Crippen LogP contribution in [0.25, 0.3) is 0 Å². The first-order valence-corrected chi connectivity index (χ1v) is 6.52. The van der Waals surface area contributed by atoms with E-state index in [0.717, 1.165) is 0 Å². The lowest BCUT2D eigenvalue weighted by atomic mass is 10.3. The van der Waals surface area contributed by atoms with E-state index in [2.05, 4.69) is 21.7 Å². The van der Waals surface area contributed by atoms with Crippen LogP contribution in [0.3, 0.4) is 0 Å². The van der Waals surface area contributed by atoms with Crippen LogP contribution in [0.1, 0.15) is 0 Å². The predicted octanol–water partition coefficient (Wildman–Crippen LogP) is 2.16. The van der Waals surface area contributed by atoms with Crippen molar-refractivity contribution in [2.75, 3.05) is 10.9 Å². The zero-order valence-electron chi connectivity index (χ0n) is 12.1. The number of carbonyl (C=O) groups excluding carboxylic acids is 1. The first-order chi connectivity index (χ1) is 11.5. The van der Waals surface area contributed by atoms with E-state index in [9.17, 15) is 25.0 Å². The van der Waals surface area contributed by atoms with Gasteiger partial charge in [-0.3, -0.25) is 41.9 Å². The zero-order chi connectivity index (χ0) is 17.5. The highest BCUT2D eigenvalue weighted by Gasteiger charge is 2.06. The fourth-order valence-corrected chi connectivity index (χ4v) is 1.62. The van der Waals surface area contributed by atoms with Crippen LogP contribution >= 0.6 is 0 Å². The minimum atomic E-state index is -0.633. The fourth-order valence-electron chi connectivity index (χ4n) is 1.62. The molecular formula is C13H12N6O5. The second-order valence-electron chi connectivity index (χ2n) is 4.44. The van der Waals surface area contributed by atoms with Crippen LogP contribution in [0, 0.1) is 20.2 Å². The second kappa shape index (κ2) is 7.40. The van der Waals surface area contributed by atoms with Gasteiger partial charge in [0.2, 0.25) is 0 Å². The standard InChI is InChI=1S/C13H12N6O5/c20-13(16-14-9-1-5-11(6-2-9)18(21)22)17-15-10-3-7-12(8-4-10)19(23)24/h1-8,14-15H,(H2,16,17,20). The second-order valence-corrected chi connectivity index (χ2v) is 4.44. The predicted molar refractivity (Wildman–Crippen MR) is 85.1 cm³/mol. The first kappa shape index (κ1) is 16.5. The third kappa shape index (κ3) is 4.56. The summed E-state index contributed by atoms with van der Waals surface area (Å²) in [5.41, 5.74) is 10.5. The molecular weight excluding hydrogens is 320 g/mol. The molecule has 0 heterocycles. The average molecular weight is 332 g/mol. The molecule has 0 fully saturated rings. The molecule has 2 amide bonds. The maximum atomic E-state index is 11.6. The van der Waals surface area contributed by atoms with Gasteiger partial charge in [-0.25, -0.2) is 4.79 Å². The molecule has 11 nitrogen and oxygen atoms in total. The van der Waals surface area contributed by atoms with Crippen molar-refractivity contribution in [1.29, 1.82) is 0 Å². The van der Waals surface area contributed by atoms with E-state index >= 15 is 0 Å². The Hall–Kier alpha value is -3.89. The third-order valence-corrected chi connectivity index (χ3v) is 2.80. The number of hydrazine groups is 2. The van der Waals surface area contributed by atoms with E-state index in [1.54, 1.807) is 0 Å². The number of urea groups is 1. The molecule has 0 bridgehead atoms. The largest absolute Gasteiger partial charge is 0.352 e. The Bertz CT molecular complexity index is 683. The molecule has 24 heavy (non-hydrogen) atoms. The minimum absolute atomic E-state index is 0.0650. The number of rotatable bonds is 6. The van der Waals surface area contributed by atoms with Crippen molar-refractivity contribution in [2.24, 2.45) is 0 Å². The monoisotopic (exact) mass is 332 g/mol. The van der Waals surface area contributed by atoms with Crippen molar-refractivity contribution in [2.45, 2.75) is 0 Å².